The van der Waals surface area contributed by atoms with Gasteiger partial charge in [-0.2, -0.15) is 0 Å². The summed E-state index contributed by atoms with van der Waals surface area (Å²) >= 11 is 5.98. The van der Waals surface area contributed by atoms with Crippen LogP contribution in [0.25, 0.3) is 0 Å². The summed E-state index contributed by atoms with van der Waals surface area (Å²) in [6.07, 6.45) is 3.74. The van der Waals surface area contributed by atoms with Crippen LogP contribution in [0.1, 0.15) is 24.0 Å². The molecule has 0 amide bonds. The maximum absolute atomic E-state index is 5.98. The first-order valence-corrected chi connectivity index (χ1v) is 11.1. The van der Waals surface area contributed by atoms with E-state index in [-0.39, 0.29) is 0 Å². The summed E-state index contributed by atoms with van der Waals surface area (Å²) in [5, 5.41) is 0.826. The molecule has 3 nitrogen and oxygen atoms in total. The molecule has 0 spiro atoms. The Morgan fingerprint density at radius 3 is 2.21 bits per heavy atom. The molecule has 0 bridgehead atoms. The summed E-state index contributed by atoms with van der Waals surface area (Å²) < 4.78 is 0. The lowest BCUT2D eigenvalue weighted by molar-refractivity contribution is 0.104. The Morgan fingerprint density at radius 1 is 0.857 bits per heavy atom. The fraction of sp³-hybridized carbons (Fsp3) is 0.500. The molecule has 0 unspecified atom stereocenters. The van der Waals surface area contributed by atoms with Gasteiger partial charge in [0.15, 0.2) is 0 Å². The van der Waals surface area contributed by atoms with Crippen molar-refractivity contribution in [3.05, 3.63) is 64.7 Å². The third-order valence-corrected chi connectivity index (χ3v) is 6.73. The van der Waals surface area contributed by atoms with Gasteiger partial charge in [0, 0.05) is 49.5 Å². The highest BCUT2D eigenvalue weighted by atomic mass is 35.5. The normalized spacial score (nSPS) is 19.9. The fourth-order valence-electron chi connectivity index (χ4n) is 4.69. The average molecular weight is 398 g/mol. The van der Waals surface area contributed by atoms with E-state index in [2.05, 4.69) is 58.0 Å². The van der Waals surface area contributed by atoms with E-state index in [1.54, 1.807) is 0 Å². The van der Waals surface area contributed by atoms with Crippen LogP contribution in [0.3, 0.4) is 0 Å². The number of rotatable bonds is 5. The molecule has 0 atom stereocenters. The molecule has 0 aliphatic carbocycles. The van der Waals surface area contributed by atoms with E-state index >= 15 is 0 Å². The second kappa shape index (κ2) is 9.30. The Kier molecular flexibility index (Phi) is 6.56. The summed E-state index contributed by atoms with van der Waals surface area (Å²) in [5.74, 6) is 0. The van der Waals surface area contributed by atoms with Crippen molar-refractivity contribution in [3.63, 3.8) is 0 Å². The second-order valence-corrected chi connectivity index (χ2v) is 8.70. The molecule has 0 saturated carbocycles. The van der Waals surface area contributed by atoms with Gasteiger partial charge in [-0.05, 0) is 68.6 Å². The van der Waals surface area contributed by atoms with Crippen LogP contribution in [0.15, 0.2) is 48.5 Å². The number of piperazine rings is 1. The fourth-order valence-corrected chi connectivity index (χ4v) is 4.82. The number of anilines is 1. The number of piperidine rings is 1. The first kappa shape index (κ1) is 19.8. The number of hydrogen-bond acceptors (Lipinski definition) is 3. The van der Waals surface area contributed by atoms with Gasteiger partial charge in [-0.3, -0.25) is 4.90 Å². The molecule has 150 valence electrons. The zero-order valence-electron chi connectivity index (χ0n) is 17.0. The Hall–Kier alpha value is -1.55. The summed E-state index contributed by atoms with van der Waals surface area (Å²) in [6.45, 7) is 10.6. The lowest BCUT2D eigenvalue weighted by Gasteiger charge is -2.43. The van der Waals surface area contributed by atoms with Crippen molar-refractivity contribution in [2.75, 3.05) is 50.7 Å². The Labute approximate surface area is 174 Å². The third-order valence-electron chi connectivity index (χ3n) is 6.47. The van der Waals surface area contributed by atoms with E-state index < -0.39 is 0 Å². The molecule has 2 aromatic carbocycles. The van der Waals surface area contributed by atoms with Gasteiger partial charge in [0.25, 0.3) is 0 Å². The molecule has 0 radical (unpaired) electrons. The van der Waals surface area contributed by atoms with E-state index in [4.69, 9.17) is 11.6 Å². The number of nitrogens with zero attached hydrogens (tertiary/aromatic N) is 3. The number of para-hydroxylation sites is 1. The van der Waals surface area contributed by atoms with Crippen molar-refractivity contribution < 1.29 is 0 Å². The number of hydrogen-bond donors (Lipinski definition) is 0. The van der Waals surface area contributed by atoms with E-state index in [9.17, 15) is 0 Å². The molecule has 2 heterocycles. The first-order valence-electron chi connectivity index (χ1n) is 10.7. The number of aryl methyl sites for hydroxylation is 1. The van der Waals surface area contributed by atoms with Gasteiger partial charge < -0.3 is 9.80 Å². The number of benzene rings is 2. The van der Waals surface area contributed by atoms with E-state index in [0.29, 0.717) is 0 Å². The quantitative estimate of drug-likeness (QED) is 0.736. The molecule has 2 fully saturated rings. The molecule has 0 N–H and O–H groups in total. The molecule has 28 heavy (non-hydrogen) atoms. The van der Waals surface area contributed by atoms with Crippen LogP contribution in [-0.2, 0) is 6.42 Å². The predicted octanol–water partition coefficient (Wildman–Crippen LogP) is 4.48. The monoisotopic (exact) mass is 397 g/mol. The standard InChI is InChI=1S/C24H32ClN3/c1-20-4-2-3-5-24(20)28-18-16-27(17-19-28)23-11-14-26(15-12-23)13-10-21-6-8-22(25)9-7-21/h2-9,23H,10-19H2,1H3. The van der Waals surface area contributed by atoms with Crippen LogP contribution in [0.5, 0.6) is 0 Å². The Bertz CT molecular complexity index is 745. The van der Waals surface area contributed by atoms with Gasteiger partial charge in [0.05, 0.1) is 0 Å². The van der Waals surface area contributed by atoms with Gasteiger partial charge in [0.2, 0.25) is 0 Å². The second-order valence-electron chi connectivity index (χ2n) is 8.26. The third kappa shape index (κ3) is 4.89. The summed E-state index contributed by atoms with van der Waals surface area (Å²) in [6, 6.07) is 17.9. The van der Waals surface area contributed by atoms with Crippen molar-refractivity contribution in [2.45, 2.75) is 32.2 Å². The number of likely N-dealkylation sites (tertiary alicyclic amines) is 1. The maximum Gasteiger partial charge on any atom is 0.0406 e. The maximum atomic E-state index is 5.98. The van der Waals surface area contributed by atoms with Gasteiger partial charge in [-0.25, -0.2) is 0 Å². The molecule has 2 saturated heterocycles. The minimum Gasteiger partial charge on any atom is -0.369 e. The molecule has 2 aromatic rings. The van der Waals surface area contributed by atoms with Crippen molar-refractivity contribution in [3.8, 4) is 0 Å². The van der Waals surface area contributed by atoms with E-state index in [0.717, 1.165) is 37.1 Å². The molecular formula is C24H32ClN3. The van der Waals surface area contributed by atoms with Gasteiger partial charge >= 0.3 is 0 Å². The molecular weight excluding hydrogens is 366 g/mol. The van der Waals surface area contributed by atoms with Crippen LogP contribution < -0.4 is 4.90 Å². The molecule has 0 aromatic heterocycles. The Morgan fingerprint density at radius 2 is 1.54 bits per heavy atom. The van der Waals surface area contributed by atoms with Crippen LogP contribution in [0.4, 0.5) is 5.69 Å². The number of halogens is 1. The van der Waals surface area contributed by atoms with Crippen molar-refractivity contribution in [2.24, 2.45) is 0 Å². The first-order chi connectivity index (χ1) is 13.7. The molecule has 4 heteroatoms. The van der Waals surface area contributed by atoms with Crippen LogP contribution >= 0.6 is 11.6 Å². The van der Waals surface area contributed by atoms with Gasteiger partial charge in [-0.1, -0.05) is 41.9 Å². The Balaban J connectivity index is 1.20. The van der Waals surface area contributed by atoms with Crippen LogP contribution in [-0.4, -0.2) is 61.7 Å². The highest BCUT2D eigenvalue weighted by molar-refractivity contribution is 6.30. The zero-order valence-corrected chi connectivity index (χ0v) is 17.7. The smallest absolute Gasteiger partial charge is 0.0406 e. The highest BCUT2D eigenvalue weighted by Crippen LogP contribution is 2.24. The molecule has 2 aliphatic heterocycles. The summed E-state index contributed by atoms with van der Waals surface area (Å²) in [4.78, 5) is 7.94. The zero-order chi connectivity index (χ0) is 19.3. The van der Waals surface area contributed by atoms with E-state index in [1.165, 1.54) is 55.8 Å². The van der Waals surface area contributed by atoms with Crippen molar-refractivity contribution >= 4 is 17.3 Å². The molecule has 2 aliphatic rings. The topological polar surface area (TPSA) is 9.72 Å². The SMILES string of the molecule is Cc1ccccc1N1CCN(C2CCN(CCc3ccc(Cl)cc3)CC2)CC1. The van der Waals surface area contributed by atoms with Crippen LogP contribution in [0, 0.1) is 6.92 Å². The van der Waals surface area contributed by atoms with Crippen molar-refractivity contribution in [1.29, 1.82) is 0 Å². The van der Waals surface area contributed by atoms with Crippen molar-refractivity contribution in [1.82, 2.24) is 9.80 Å². The average Bonchev–Trinajstić information content (AvgIpc) is 2.74. The van der Waals surface area contributed by atoms with Gasteiger partial charge in [0.1, 0.15) is 0 Å². The highest BCUT2D eigenvalue weighted by Gasteiger charge is 2.27. The van der Waals surface area contributed by atoms with Crippen LogP contribution in [0.2, 0.25) is 5.02 Å². The minimum atomic E-state index is 0.769. The summed E-state index contributed by atoms with van der Waals surface area (Å²) in [7, 11) is 0. The van der Waals surface area contributed by atoms with E-state index in [1.807, 2.05) is 12.1 Å². The summed E-state index contributed by atoms with van der Waals surface area (Å²) in [5.41, 5.74) is 4.20. The minimum absolute atomic E-state index is 0.769. The lowest BCUT2D eigenvalue weighted by atomic mass is 10.0. The largest absolute Gasteiger partial charge is 0.369 e. The van der Waals surface area contributed by atoms with Gasteiger partial charge in [-0.15, -0.1) is 0 Å². The lowest BCUT2D eigenvalue weighted by Crippen LogP contribution is -2.53. The predicted molar refractivity (Wildman–Crippen MR) is 120 cm³/mol. The molecule has 4 rings (SSSR count).